The zero-order valence-corrected chi connectivity index (χ0v) is 14.9. The number of ether oxygens (including phenoxy) is 1. The van der Waals surface area contributed by atoms with Gasteiger partial charge in [0.05, 0.1) is 19.3 Å². The second-order valence-corrected chi connectivity index (χ2v) is 6.86. The van der Waals surface area contributed by atoms with Crippen molar-refractivity contribution in [1.82, 2.24) is 0 Å². The topological polar surface area (TPSA) is 61.8 Å². The average Bonchev–Trinajstić information content (AvgIpc) is 2.68. The van der Waals surface area contributed by atoms with Gasteiger partial charge in [0.2, 0.25) is 0 Å². The number of carboxylic acid groups (broad SMARTS) is 1. The number of carboxylic acids is 1. The number of morpholine rings is 1. The Bertz CT molecular complexity index is 906. The molecule has 1 atom stereocenters. The van der Waals surface area contributed by atoms with E-state index in [-0.39, 0.29) is 11.6 Å². The molecule has 2 aromatic carbocycles. The van der Waals surface area contributed by atoms with Gasteiger partial charge in [0.25, 0.3) is 0 Å². The van der Waals surface area contributed by atoms with Gasteiger partial charge in [-0.3, -0.25) is 0 Å². The molecule has 2 heterocycles. The lowest BCUT2D eigenvalue weighted by Crippen LogP contribution is -2.36. The number of aromatic carboxylic acids is 1. The SMILES string of the molecule is C=C1Cc2c(ccc(F)c2C(=O)O)NC1c1cccc(N2CCOCC2)c1. The molecule has 2 N–H and O–H groups in total. The average molecular weight is 368 g/mol. The number of benzene rings is 2. The van der Waals surface area contributed by atoms with Gasteiger partial charge in [-0.2, -0.15) is 0 Å². The van der Waals surface area contributed by atoms with Crippen molar-refractivity contribution in [2.75, 3.05) is 36.5 Å². The number of rotatable bonds is 3. The van der Waals surface area contributed by atoms with Gasteiger partial charge in [-0.1, -0.05) is 18.7 Å². The summed E-state index contributed by atoms with van der Waals surface area (Å²) in [5.74, 6) is -1.98. The zero-order chi connectivity index (χ0) is 19.0. The van der Waals surface area contributed by atoms with Gasteiger partial charge in [0, 0.05) is 24.5 Å². The maximum Gasteiger partial charge on any atom is 0.339 e. The predicted molar refractivity (Wildman–Crippen MR) is 102 cm³/mol. The van der Waals surface area contributed by atoms with E-state index in [9.17, 15) is 14.3 Å². The second-order valence-electron chi connectivity index (χ2n) is 6.86. The quantitative estimate of drug-likeness (QED) is 0.810. The number of fused-ring (bicyclic) bond motifs is 1. The molecular formula is C21H21FN2O3. The van der Waals surface area contributed by atoms with E-state index in [2.05, 4.69) is 28.9 Å². The van der Waals surface area contributed by atoms with E-state index in [1.807, 2.05) is 12.1 Å². The number of hydrogen-bond acceptors (Lipinski definition) is 4. The Labute approximate surface area is 157 Å². The van der Waals surface area contributed by atoms with Crippen molar-refractivity contribution in [2.24, 2.45) is 0 Å². The van der Waals surface area contributed by atoms with Crippen molar-refractivity contribution >= 4 is 17.3 Å². The number of carbonyl (C=O) groups is 1. The normalized spacial score (nSPS) is 19.4. The van der Waals surface area contributed by atoms with E-state index in [1.165, 1.54) is 6.07 Å². The highest BCUT2D eigenvalue weighted by Crippen LogP contribution is 2.38. The summed E-state index contributed by atoms with van der Waals surface area (Å²) in [6.45, 7) is 7.27. The highest BCUT2D eigenvalue weighted by atomic mass is 19.1. The van der Waals surface area contributed by atoms with Crippen LogP contribution in [0.25, 0.3) is 0 Å². The van der Waals surface area contributed by atoms with E-state index in [0.717, 1.165) is 43.1 Å². The Morgan fingerprint density at radius 2 is 2.04 bits per heavy atom. The lowest BCUT2D eigenvalue weighted by atomic mass is 9.87. The van der Waals surface area contributed by atoms with Crippen LogP contribution in [-0.4, -0.2) is 37.4 Å². The third-order valence-corrected chi connectivity index (χ3v) is 5.17. The van der Waals surface area contributed by atoms with Crippen LogP contribution in [0.3, 0.4) is 0 Å². The third-order valence-electron chi connectivity index (χ3n) is 5.17. The van der Waals surface area contributed by atoms with E-state index >= 15 is 0 Å². The van der Waals surface area contributed by atoms with Crippen molar-refractivity contribution < 1.29 is 19.0 Å². The summed E-state index contributed by atoms with van der Waals surface area (Å²) < 4.78 is 19.4. The second kappa shape index (κ2) is 7.04. The first kappa shape index (κ1) is 17.5. The van der Waals surface area contributed by atoms with Crippen LogP contribution in [0.2, 0.25) is 0 Å². The van der Waals surface area contributed by atoms with Crippen LogP contribution < -0.4 is 10.2 Å². The van der Waals surface area contributed by atoms with E-state index < -0.39 is 11.8 Å². The Balaban J connectivity index is 1.66. The smallest absolute Gasteiger partial charge is 0.339 e. The maximum atomic E-state index is 14.0. The van der Waals surface area contributed by atoms with Crippen LogP contribution >= 0.6 is 0 Å². The maximum absolute atomic E-state index is 14.0. The number of nitrogens with zero attached hydrogens (tertiary/aromatic N) is 1. The van der Waals surface area contributed by atoms with Gasteiger partial charge < -0.3 is 20.1 Å². The van der Waals surface area contributed by atoms with Crippen LogP contribution in [-0.2, 0) is 11.2 Å². The van der Waals surface area contributed by atoms with Crippen LogP contribution in [0.1, 0.15) is 27.5 Å². The van der Waals surface area contributed by atoms with Crippen molar-refractivity contribution in [1.29, 1.82) is 0 Å². The molecule has 140 valence electrons. The minimum Gasteiger partial charge on any atom is -0.478 e. The highest BCUT2D eigenvalue weighted by molar-refractivity contribution is 5.92. The number of anilines is 2. The first-order valence-electron chi connectivity index (χ1n) is 8.96. The molecule has 1 saturated heterocycles. The van der Waals surface area contributed by atoms with Crippen molar-refractivity contribution in [3.05, 3.63) is 71.1 Å². The molecule has 0 aromatic heterocycles. The highest BCUT2D eigenvalue weighted by Gasteiger charge is 2.28. The van der Waals surface area contributed by atoms with Crippen molar-refractivity contribution in [3.8, 4) is 0 Å². The molecule has 0 saturated carbocycles. The molecule has 2 aromatic rings. The molecule has 0 radical (unpaired) electrons. The van der Waals surface area contributed by atoms with E-state index in [0.29, 0.717) is 17.7 Å². The first-order chi connectivity index (χ1) is 13.0. The van der Waals surface area contributed by atoms with Crippen LogP contribution in [0.15, 0.2) is 48.6 Å². The standard InChI is InChI=1S/C21H21FN2O3/c1-13-11-16-18(6-5-17(22)19(16)21(25)26)23-20(13)14-3-2-4-15(12-14)24-7-9-27-10-8-24/h2-6,12,20,23H,1,7-11H2,(H,25,26). The summed E-state index contributed by atoms with van der Waals surface area (Å²) in [6.07, 6.45) is 0.328. The molecule has 0 bridgehead atoms. The van der Waals surface area contributed by atoms with Gasteiger partial charge in [-0.05, 0) is 47.4 Å². The minimum atomic E-state index is -1.26. The number of hydrogen-bond donors (Lipinski definition) is 2. The molecule has 27 heavy (non-hydrogen) atoms. The molecule has 5 nitrogen and oxygen atoms in total. The van der Waals surface area contributed by atoms with Crippen LogP contribution in [0.4, 0.5) is 15.8 Å². The monoisotopic (exact) mass is 368 g/mol. The fraction of sp³-hybridized carbons (Fsp3) is 0.286. The summed E-state index contributed by atoms with van der Waals surface area (Å²) in [5.41, 5.74) is 3.81. The summed E-state index contributed by atoms with van der Waals surface area (Å²) in [5, 5.41) is 12.7. The molecule has 0 spiro atoms. The van der Waals surface area contributed by atoms with Crippen LogP contribution in [0, 0.1) is 5.82 Å². The predicted octanol–water partition coefficient (Wildman–Crippen LogP) is 3.63. The lowest BCUT2D eigenvalue weighted by molar-refractivity contribution is 0.0690. The molecule has 4 rings (SSSR count). The minimum absolute atomic E-state index is 0.148. The lowest BCUT2D eigenvalue weighted by Gasteiger charge is -2.32. The molecule has 0 aliphatic carbocycles. The Hall–Kier alpha value is -2.86. The van der Waals surface area contributed by atoms with Gasteiger partial charge in [-0.25, -0.2) is 9.18 Å². The molecule has 1 fully saturated rings. The fourth-order valence-electron chi connectivity index (χ4n) is 3.80. The van der Waals surface area contributed by atoms with E-state index in [1.54, 1.807) is 6.07 Å². The first-order valence-corrected chi connectivity index (χ1v) is 8.96. The van der Waals surface area contributed by atoms with Gasteiger partial charge in [-0.15, -0.1) is 0 Å². The van der Waals surface area contributed by atoms with Crippen LogP contribution in [0.5, 0.6) is 0 Å². The Morgan fingerprint density at radius 3 is 2.78 bits per heavy atom. The molecule has 1 unspecified atom stereocenters. The molecular weight excluding hydrogens is 347 g/mol. The van der Waals surface area contributed by atoms with Gasteiger partial charge in [0.15, 0.2) is 0 Å². The zero-order valence-electron chi connectivity index (χ0n) is 14.9. The Morgan fingerprint density at radius 1 is 1.26 bits per heavy atom. The molecule has 2 aliphatic rings. The number of halogens is 1. The third kappa shape index (κ3) is 3.28. The largest absolute Gasteiger partial charge is 0.478 e. The van der Waals surface area contributed by atoms with Crippen molar-refractivity contribution in [3.63, 3.8) is 0 Å². The van der Waals surface area contributed by atoms with Gasteiger partial charge >= 0.3 is 5.97 Å². The molecule has 6 heteroatoms. The molecule has 2 aliphatic heterocycles. The molecule has 0 amide bonds. The van der Waals surface area contributed by atoms with Crippen molar-refractivity contribution in [2.45, 2.75) is 12.5 Å². The Kier molecular flexibility index (Phi) is 4.58. The summed E-state index contributed by atoms with van der Waals surface area (Å²) in [7, 11) is 0. The number of nitrogens with one attached hydrogen (secondary N) is 1. The summed E-state index contributed by atoms with van der Waals surface area (Å²) in [4.78, 5) is 13.7. The fourth-order valence-corrected chi connectivity index (χ4v) is 3.80. The van der Waals surface area contributed by atoms with E-state index in [4.69, 9.17) is 4.74 Å². The summed E-state index contributed by atoms with van der Waals surface area (Å²) >= 11 is 0. The summed E-state index contributed by atoms with van der Waals surface area (Å²) in [6, 6.07) is 10.9. The van der Waals surface area contributed by atoms with Gasteiger partial charge in [0.1, 0.15) is 11.4 Å².